The van der Waals surface area contributed by atoms with E-state index >= 15 is 0 Å². The predicted molar refractivity (Wildman–Crippen MR) is 129 cm³/mol. The zero-order valence-electron chi connectivity index (χ0n) is 19.4. The summed E-state index contributed by atoms with van der Waals surface area (Å²) in [5, 5.41) is 0. The van der Waals surface area contributed by atoms with Gasteiger partial charge in [-0.2, -0.15) is 0 Å². The highest BCUT2D eigenvalue weighted by atomic mass is 19.1. The number of ether oxygens (including phenoxy) is 1. The number of benzene rings is 3. The Kier molecular flexibility index (Phi) is 7.89. The lowest BCUT2D eigenvalue weighted by molar-refractivity contribution is -0.199. The minimum atomic E-state index is -0.400. The normalized spacial score (nSPS) is 19.2. The van der Waals surface area contributed by atoms with Gasteiger partial charge in [0.25, 0.3) is 0 Å². The molecule has 0 aliphatic carbocycles. The van der Waals surface area contributed by atoms with Gasteiger partial charge in [0.15, 0.2) is 0 Å². The zero-order chi connectivity index (χ0) is 23.1. The van der Waals surface area contributed by atoms with Crippen LogP contribution in [0.4, 0.5) is 8.78 Å². The standard InChI is InChI=1S/C29H33F2NO/c1-2-29(20-6-7-21-32(29)22-8-11-23-9-4-3-5-10-23)33-28(24-12-16-26(30)17-13-24)25-14-18-27(31)19-15-25/h3-5,9-10,12-19,28H,2,6-8,11,20-22H2,1H3. The van der Waals surface area contributed by atoms with Gasteiger partial charge in [-0.25, -0.2) is 8.78 Å². The summed E-state index contributed by atoms with van der Waals surface area (Å²) in [5.74, 6) is -0.552. The van der Waals surface area contributed by atoms with Crippen LogP contribution in [-0.2, 0) is 11.2 Å². The highest BCUT2D eigenvalue weighted by Gasteiger charge is 2.40. The first-order chi connectivity index (χ1) is 16.1. The molecule has 1 fully saturated rings. The van der Waals surface area contributed by atoms with E-state index in [4.69, 9.17) is 4.74 Å². The molecule has 1 aliphatic rings. The number of hydrogen-bond acceptors (Lipinski definition) is 2. The zero-order valence-corrected chi connectivity index (χ0v) is 19.4. The van der Waals surface area contributed by atoms with Crippen LogP contribution in [-0.4, -0.2) is 23.7 Å². The Hall–Kier alpha value is -2.56. The first-order valence-electron chi connectivity index (χ1n) is 12.1. The SMILES string of the molecule is CCC1(OC(c2ccc(F)cc2)c2ccc(F)cc2)CCCCN1CCCc1ccccc1. The molecule has 1 unspecified atom stereocenters. The van der Waals surface area contributed by atoms with Gasteiger partial charge in [-0.15, -0.1) is 0 Å². The Morgan fingerprint density at radius 2 is 1.45 bits per heavy atom. The summed E-state index contributed by atoms with van der Waals surface area (Å²) in [6.45, 7) is 4.15. The Morgan fingerprint density at radius 3 is 2.03 bits per heavy atom. The summed E-state index contributed by atoms with van der Waals surface area (Å²) in [4.78, 5) is 2.50. The molecule has 4 rings (SSSR count). The van der Waals surface area contributed by atoms with Crippen LogP contribution < -0.4 is 0 Å². The van der Waals surface area contributed by atoms with Crippen LogP contribution in [0.1, 0.15) is 61.8 Å². The molecule has 0 amide bonds. The van der Waals surface area contributed by atoms with Crippen molar-refractivity contribution in [2.24, 2.45) is 0 Å². The maximum absolute atomic E-state index is 13.6. The molecule has 0 aromatic heterocycles. The summed E-state index contributed by atoms with van der Waals surface area (Å²) < 4.78 is 34.3. The third-order valence-corrected chi connectivity index (χ3v) is 6.79. The Balaban J connectivity index is 1.57. The first-order valence-corrected chi connectivity index (χ1v) is 12.1. The number of likely N-dealkylation sites (tertiary alicyclic amines) is 1. The van der Waals surface area contributed by atoms with Crippen molar-refractivity contribution in [3.05, 3.63) is 107 Å². The second-order valence-electron chi connectivity index (χ2n) is 8.93. The summed E-state index contributed by atoms with van der Waals surface area (Å²) >= 11 is 0. The average molecular weight is 450 g/mol. The first kappa shape index (κ1) is 23.6. The Bertz CT molecular complexity index is 945. The van der Waals surface area contributed by atoms with Gasteiger partial charge < -0.3 is 4.74 Å². The van der Waals surface area contributed by atoms with Crippen molar-refractivity contribution in [2.45, 2.75) is 57.3 Å². The molecule has 33 heavy (non-hydrogen) atoms. The predicted octanol–water partition coefficient (Wildman–Crippen LogP) is 7.30. The molecule has 0 saturated carbocycles. The van der Waals surface area contributed by atoms with Crippen molar-refractivity contribution in [3.8, 4) is 0 Å². The molecule has 0 radical (unpaired) electrons. The molecule has 2 nitrogen and oxygen atoms in total. The molecule has 1 atom stereocenters. The van der Waals surface area contributed by atoms with Crippen molar-refractivity contribution in [3.63, 3.8) is 0 Å². The highest BCUT2D eigenvalue weighted by molar-refractivity contribution is 5.31. The minimum Gasteiger partial charge on any atom is -0.348 e. The van der Waals surface area contributed by atoms with Gasteiger partial charge in [0.05, 0.1) is 0 Å². The quantitative estimate of drug-likeness (QED) is 0.340. The molecule has 3 aromatic carbocycles. The van der Waals surface area contributed by atoms with Crippen LogP contribution in [0.25, 0.3) is 0 Å². The van der Waals surface area contributed by atoms with Crippen molar-refractivity contribution < 1.29 is 13.5 Å². The molecule has 1 heterocycles. The fourth-order valence-electron chi connectivity index (χ4n) is 4.94. The van der Waals surface area contributed by atoms with Crippen molar-refractivity contribution in [2.75, 3.05) is 13.1 Å². The lowest BCUT2D eigenvalue weighted by Gasteiger charge is -2.48. The topological polar surface area (TPSA) is 12.5 Å². The van der Waals surface area contributed by atoms with Gasteiger partial charge in [0.1, 0.15) is 23.5 Å². The molecular weight excluding hydrogens is 416 g/mol. The molecule has 0 N–H and O–H groups in total. The molecule has 1 aliphatic heterocycles. The van der Waals surface area contributed by atoms with E-state index in [9.17, 15) is 8.78 Å². The minimum absolute atomic E-state index is 0.276. The average Bonchev–Trinajstić information content (AvgIpc) is 2.85. The molecule has 0 bridgehead atoms. The molecule has 4 heteroatoms. The number of rotatable bonds is 9. The maximum Gasteiger partial charge on any atom is 0.123 e. The van der Waals surface area contributed by atoms with E-state index in [0.717, 1.165) is 62.7 Å². The smallest absolute Gasteiger partial charge is 0.123 e. The van der Waals surface area contributed by atoms with E-state index in [1.165, 1.54) is 29.8 Å². The lowest BCUT2D eigenvalue weighted by atomic mass is 9.93. The van der Waals surface area contributed by atoms with Crippen LogP contribution in [0.3, 0.4) is 0 Å². The van der Waals surface area contributed by atoms with Gasteiger partial charge in [0.2, 0.25) is 0 Å². The van der Waals surface area contributed by atoms with Gasteiger partial charge in [-0.3, -0.25) is 4.90 Å². The monoisotopic (exact) mass is 449 g/mol. The van der Waals surface area contributed by atoms with E-state index < -0.39 is 5.72 Å². The number of halogens is 2. The number of nitrogens with zero attached hydrogens (tertiary/aromatic N) is 1. The largest absolute Gasteiger partial charge is 0.348 e. The summed E-state index contributed by atoms with van der Waals surface area (Å²) in [6.07, 6.45) is 5.80. The van der Waals surface area contributed by atoms with Gasteiger partial charge in [0, 0.05) is 13.1 Å². The third kappa shape index (κ3) is 5.87. The molecule has 174 valence electrons. The van der Waals surface area contributed by atoms with Crippen LogP contribution in [0.5, 0.6) is 0 Å². The van der Waals surface area contributed by atoms with Crippen LogP contribution in [0, 0.1) is 11.6 Å². The third-order valence-electron chi connectivity index (χ3n) is 6.79. The van der Waals surface area contributed by atoms with Gasteiger partial charge in [-0.1, -0.05) is 61.5 Å². The maximum atomic E-state index is 13.6. The Labute approximate surface area is 196 Å². The van der Waals surface area contributed by atoms with Crippen molar-refractivity contribution in [1.82, 2.24) is 4.90 Å². The second-order valence-corrected chi connectivity index (χ2v) is 8.93. The van der Waals surface area contributed by atoms with E-state index in [2.05, 4.69) is 42.2 Å². The highest BCUT2D eigenvalue weighted by Crippen LogP contribution is 2.40. The lowest BCUT2D eigenvalue weighted by Crippen LogP contribution is -2.54. The summed E-state index contributed by atoms with van der Waals surface area (Å²) in [6, 6.07) is 23.5. The van der Waals surface area contributed by atoms with E-state index in [1.807, 2.05) is 0 Å². The van der Waals surface area contributed by atoms with Crippen LogP contribution >= 0.6 is 0 Å². The van der Waals surface area contributed by atoms with E-state index in [1.54, 1.807) is 24.3 Å². The van der Waals surface area contributed by atoms with E-state index in [0.29, 0.717) is 0 Å². The molecular formula is C29H33F2NO. The van der Waals surface area contributed by atoms with Gasteiger partial charge >= 0.3 is 0 Å². The number of hydrogen-bond donors (Lipinski definition) is 0. The van der Waals surface area contributed by atoms with Crippen LogP contribution in [0.15, 0.2) is 78.9 Å². The number of piperidine rings is 1. The molecule has 1 saturated heterocycles. The van der Waals surface area contributed by atoms with E-state index in [-0.39, 0.29) is 17.7 Å². The fraction of sp³-hybridized carbons (Fsp3) is 0.379. The van der Waals surface area contributed by atoms with Crippen molar-refractivity contribution in [1.29, 1.82) is 0 Å². The molecule has 3 aromatic rings. The molecule has 0 spiro atoms. The summed E-state index contributed by atoms with van der Waals surface area (Å²) in [7, 11) is 0. The van der Waals surface area contributed by atoms with Crippen LogP contribution in [0.2, 0.25) is 0 Å². The van der Waals surface area contributed by atoms with Crippen molar-refractivity contribution >= 4 is 0 Å². The summed E-state index contributed by atoms with van der Waals surface area (Å²) in [5.41, 5.74) is 2.71. The van der Waals surface area contributed by atoms with Gasteiger partial charge in [-0.05, 0) is 79.5 Å². The Morgan fingerprint density at radius 1 is 0.848 bits per heavy atom. The fourth-order valence-corrected chi connectivity index (χ4v) is 4.94. The second kappa shape index (κ2) is 11.0. The number of aryl methyl sites for hydroxylation is 1.